The van der Waals surface area contributed by atoms with E-state index < -0.39 is 0 Å². The molecule has 0 heterocycles. The van der Waals surface area contributed by atoms with Gasteiger partial charge in [-0.1, -0.05) is 20.3 Å². The minimum Gasteiger partial charge on any atom is -0.198 e. The van der Waals surface area contributed by atoms with Gasteiger partial charge in [-0.15, -0.1) is 0 Å². The average molecular weight is 150 g/mol. The minimum absolute atomic E-state index is 0.369. The van der Waals surface area contributed by atoms with Crippen LogP contribution < -0.4 is 0 Å². The van der Waals surface area contributed by atoms with Gasteiger partial charge in [0.05, 0.1) is 24.0 Å². The summed E-state index contributed by atoms with van der Waals surface area (Å²) in [6, 6.07) is 4.32. The van der Waals surface area contributed by atoms with E-state index in [2.05, 4.69) is 12.1 Å². The minimum atomic E-state index is -0.372. The highest BCUT2D eigenvalue weighted by Gasteiger charge is 2.26. The van der Waals surface area contributed by atoms with Crippen LogP contribution in [0.1, 0.15) is 39.5 Å². The fourth-order valence-electron chi connectivity index (χ4n) is 1.19. The van der Waals surface area contributed by atoms with Crippen molar-refractivity contribution in [3.63, 3.8) is 0 Å². The fraction of sp³-hybridized carbons (Fsp3) is 0.778. The Labute approximate surface area is 68.4 Å². The van der Waals surface area contributed by atoms with Gasteiger partial charge in [0.1, 0.15) is 0 Å². The summed E-state index contributed by atoms with van der Waals surface area (Å²) in [4.78, 5) is 0. The van der Waals surface area contributed by atoms with Gasteiger partial charge in [-0.05, 0) is 12.8 Å². The van der Waals surface area contributed by atoms with E-state index in [1.54, 1.807) is 0 Å². The number of hydrogen-bond acceptors (Lipinski definition) is 2. The summed E-state index contributed by atoms with van der Waals surface area (Å²) in [7, 11) is 0. The molecule has 2 heteroatoms. The molecule has 0 saturated carbocycles. The van der Waals surface area contributed by atoms with Crippen molar-refractivity contribution < 1.29 is 0 Å². The smallest absolute Gasteiger partial charge is 0.0701 e. The molecule has 0 aliphatic carbocycles. The van der Waals surface area contributed by atoms with Crippen molar-refractivity contribution in [3.05, 3.63) is 0 Å². The second kappa shape index (κ2) is 4.74. The van der Waals surface area contributed by atoms with Gasteiger partial charge >= 0.3 is 0 Å². The Morgan fingerprint density at radius 3 is 2.18 bits per heavy atom. The third-order valence-electron chi connectivity index (χ3n) is 2.06. The lowest BCUT2D eigenvalue weighted by molar-refractivity contribution is 0.354. The Morgan fingerprint density at radius 2 is 1.91 bits per heavy atom. The Bertz CT molecular complexity index is 185. The lowest BCUT2D eigenvalue weighted by atomic mass is 9.80. The zero-order valence-corrected chi connectivity index (χ0v) is 7.22. The third-order valence-corrected chi connectivity index (χ3v) is 2.06. The van der Waals surface area contributed by atoms with Gasteiger partial charge in [0, 0.05) is 0 Å². The van der Waals surface area contributed by atoms with E-state index >= 15 is 0 Å². The van der Waals surface area contributed by atoms with Crippen LogP contribution in [-0.4, -0.2) is 0 Å². The number of rotatable bonds is 4. The van der Waals surface area contributed by atoms with Gasteiger partial charge in [0.25, 0.3) is 0 Å². The summed E-state index contributed by atoms with van der Waals surface area (Å²) >= 11 is 0. The maximum absolute atomic E-state index is 8.84. The maximum Gasteiger partial charge on any atom is 0.0701 e. The van der Waals surface area contributed by atoms with Crippen LogP contribution in [0.25, 0.3) is 0 Å². The molecular weight excluding hydrogens is 136 g/mol. The first-order valence-electron chi connectivity index (χ1n) is 4.03. The molecule has 60 valence electrons. The van der Waals surface area contributed by atoms with E-state index in [-0.39, 0.29) is 5.41 Å². The summed E-state index contributed by atoms with van der Waals surface area (Å²) in [6.45, 7) is 4.01. The van der Waals surface area contributed by atoms with Gasteiger partial charge < -0.3 is 0 Å². The zero-order chi connectivity index (χ0) is 8.74. The van der Waals surface area contributed by atoms with Gasteiger partial charge in [-0.2, -0.15) is 10.5 Å². The molecule has 0 N–H and O–H groups in total. The predicted octanol–water partition coefficient (Wildman–Crippen LogP) is 2.62. The molecule has 0 amide bonds. The van der Waals surface area contributed by atoms with Crippen LogP contribution in [0.5, 0.6) is 0 Å². The van der Waals surface area contributed by atoms with Crippen LogP contribution >= 0.6 is 0 Å². The van der Waals surface area contributed by atoms with E-state index in [0.29, 0.717) is 6.42 Å². The van der Waals surface area contributed by atoms with Crippen molar-refractivity contribution in [3.8, 4) is 12.1 Å². The summed E-state index contributed by atoms with van der Waals surface area (Å²) in [5.74, 6) is 0. The second-order valence-electron chi connectivity index (χ2n) is 2.83. The highest BCUT2D eigenvalue weighted by molar-refractivity contribution is 5.02. The van der Waals surface area contributed by atoms with Crippen LogP contribution in [0.2, 0.25) is 0 Å². The molecule has 0 aliphatic heterocycles. The van der Waals surface area contributed by atoms with Gasteiger partial charge in [-0.25, -0.2) is 0 Å². The summed E-state index contributed by atoms with van der Waals surface area (Å²) in [5, 5.41) is 17.3. The molecular formula is C9H14N2. The van der Waals surface area contributed by atoms with E-state index in [1.165, 1.54) is 0 Å². The third kappa shape index (κ3) is 2.60. The van der Waals surface area contributed by atoms with E-state index in [4.69, 9.17) is 10.5 Å². The summed E-state index contributed by atoms with van der Waals surface area (Å²) < 4.78 is 0. The Morgan fingerprint density at radius 1 is 1.27 bits per heavy atom. The van der Waals surface area contributed by atoms with E-state index in [1.807, 2.05) is 13.8 Å². The molecule has 0 aromatic carbocycles. The summed E-state index contributed by atoms with van der Waals surface area (Å²) in [5.41, 5.74) is -0.372. The lowest BCUT2D eigenvalue weighted by Gasteiger charge is -2.20. The quantitative estimate of drug-likeness (QED) is 0.618. The normalized spacial score (nSPS) is 14.5. The van der Waals surface area contributed by atoms with Gasteiger partial charge in [-0.3, -0.25) is 0 Å². The molecule has 2 nitrogen and oxygen atoms in total. The molecule has 0 saturated heterocycles. The van der Waals surface area contributed by atoms with Crippen LogP contribution in [-0.2, 0) is 0 Å². The molecule has 0 fully saturated rings. The monoisotopic (exact) mass is 150 g/mol. The van der Waals surface area contributed by atoms with Gasteiger partial charge in [0.2, 0.25) is 0 Å². The second-order valence-corrected chi connectivity index (χ2v) is 2.83. The SMILES string of the molecule is CCCC(C#N)(CC)CC#N. The maximum atomic E-state index is 8.84. The lowest BCUT2D eigenvalue weighted by Crippen LogP contribution is -2.16. The highest BCUT2D eigenvalue weighted by atomic mass is 14.4. The first kappa shape index (κ1) is 9.98. The highest BCUT2D eigenvalue weighted by Crippen LogP contribution is 2.30. The molecule has 0 spiro atoms. The van der Waals surface area contributed by atoms with Crippen molar-refractivity contribution in [2.45, 2.75) is 39.5 Å². The average Bonchev–Trinajstić information content (AvgIpc) is 2.04. The molecule has 11 heavy (non-hydrogen) atoms. The van der Waals surface area contributed by atoms with Crippen molar-refractivity contribution in [2.75, 3.05) is 0 Å². The van der Waals surface area contributed by atoms with Crippen LogP contribution in [0.3, 0.4) is 0 Å². The number of nitriles is 2. The molecule has 0 rings (SSSR count). The van der Waals surface area contributed by atoms with Crippen LogP contribution in [0, 0.1) is 28.1 Å². The van der Waals surface area contributed by atoms with Crippen LogP contribution in [0.15, 0.2) is 0 Å². The molecule has 1 atom stereocenters. The Balaban J connectivity index is 4.26. The van der Waals surface area contributed by atoms with Crippen molar-refractivity contribution in [1.82, 2.24) is 0 Å². The first-order chi connectivity index (χ1) is 5.24. The standard InChI is InChI=1S/C9H14N2/c1-3-5-9(4-2,8-11)6-7-10/h3-6H2,1-2H3. The van der Waals surface area contributed by atoms with Crippen molar-refractivity contribution in [1.29, 1.82) is 10.5 Å². The Hall–Kier alpha value is -1.02. The van der Waals surface area contributed by atoms with Crippen molar-refractivity contribution >= 4 is 0 Å². The molecule has 1 unspecified atom stereocenters. The topological polar surface area (TPSA) is 47.6 Å². The fourth-order valence-corrected chi connectivity index (χ4v) is 1.19. The molecule has 0 aliphatic rings. The first-order valence-corrected chi connectivity index (χ1v) is 4.03. The van der Waals surface area contributed by atoms with E-state index in [0.717, 1.165) is 19.3 Å². The van der Waals surface area contributed by atoms with E-state index in [9.17, 15) is 0 Å². The largest absolute Gasteiger partial charge is 0.198 e. The molecule has 0 aromatic rings. The predicted molar refractivity (Wildman–Crippen MR) is 43.5 cm³/mol. The molecule has 0 radical (unpaired) electrons. The van der Waals surface area contributed by atoms with Crippen LogP contribution in [0.4, 0.5) is 0 Å². The van der Waals surface area contributed by atoms with Gasteiger partial charge in [0.15, 0.2) is 0 Å². The summed E-state index contributed by atoms with van der Waals surface area (Å²) in [6.07, 6.45) is 2.97. The number of nitrogens with zero attached hydrogens (tertiary/aromatic N) is 2. The van der Waals surface area contributed by atoms with Crippen molar-refractivity contribution in [2.24, 2.45) is 5.41 Å². The Kier molecular flexibility index (Phi) is 4.30. The molecule has 0 aromatic heterocycles. The molecule has 0 bridgehead atoms. The zero-order valence-electron chi connectivity index (χ0n) is 7.22. The number of hydrogen-bond donors (Lipinski definition) is 0.